The second-order valence-corrected chi connectivity index (χ2v) is 7.53. The van der Waals surface area contributed by atoms with E-state index in [0.717, 1.165) is 23.4 Å². The molecule has 150 valence electrons. The summed E-state index contributed by atoms with van der Waals surface area (Å²) in [6.45, 7) is 3.87. The van der Waals surface area contributed by atoms with Gasteiger partial charge in [-0.25, -0.2) is 13.8 Å². The first-order valence-corrected chi connectivity index (χ1v) is 9.80. The Bertz CT molecular complexity index is 1030. The van der Waals surface area contributed by atoms with E-state index in [1.54, 1.807) is 0 Å². The van der Waals surface area contributed by atoms with E-state index >= 15 is 0 Å². The molecule has 0 saturated heterocycles. The van der Waals surface area contributed by atoms with E-state index in [2.05, 4.69) is 29.5 Å². The van der Waals surface area contributed by atoms with E-state index in [9.17, 15) is 18.4 Å². The molecule has 5 nitrogen and oxygen atoms in total. The zero-order chi connectivity index (χ0) is 21.0. The summed E-state index contributed by atoms with van der Waals surface area (Å²) in [7, 11) is 0. The monoisotopic (exact) mass is 415 g/mol. The third-order valence-electron chi connectivity index (χ3n) is 4.21. The number of aromatic nitrogens is 1. The van der Waals surface area contributed by atoms with Crippen LogP contribution in [0.15, 0.2) is 47.8 Å². The van der Waals surface area contributed by atoms with Crippen LogP contribution in [0.3, 0.4) is 0 Å². The van der Waals surface area contributed by atoms with Gasteiger partial charge in [0.1, 0.15) is 11.6 Å². The predicted octanol–water partition coefficient (Wildman–Crippen LogP) is 4.58. The number of rotatable bonds is 6. The first-order valence-electron chi connectivity index (χ1n) is 8.92. The molecule has 1 heterocycles. The van der Waals surface area contributed by atoms with Gasteiger partial charge < -0.3 is 10.6 Å². The molecule has 8 heteroatoms. The zero-order valence-corrected chi connectivity index (χ0v) is 16.6. The lowest BCUT2D eigenvalue weighted by Crippen LogP contribution is -2.33. The summed E-state index contributed by atoms with van der Waals surface area (Å²) in [5.41, 5.74) is 2.57. The van der Waals surface area contributed by atoms with Crippen molar-refractivity contribution in [2.45, 2.75) is 19.8 Å². The standard InChI is InChI=1S/C21H19F2N3O2S/c1-12(2)13-3-5-14(6-4-13)18-11-29-21(25-18)26-19(27)10-24-20(28)16-8-7-15(22)9-17(16)23/h3-9,11-12H,10H2,1-2H3,(H,24,28)(H,25,26,27). The molecule has 2 amide bonds. The molecule has 0 atom stereocenters. The van der Waals surface area contributed by atoms with Crippen LogP contribution in [0.1, 0.15) is 35.7 Å². The van der Waals surface area contributed by atoms with E-state index < -0.39 is 23.4 Å². The maximum atomic E-state index is 13.6. The summed E-state index contributed by atoms with van der Waals surface area (Å²) in [6, 6.07) is 10.7. The highest BCUT2D eigenvalue weighted by Crippen LogP contribution is 2.26. The van der Waals surface area contributed by atoms with Crippen LogP contribution in [0, 0.1) is 11.6 Å². The van der Waals surface area contributed by atoms with Gasteiger partial charge in [0.15, 0.2) is 5.13 Å². The lowest BCUT2D eigenvalue weighted by atomic mass is 10.0. The molecular formula is C21H19F2N3O2S. The molecule has 0 bridgehead atoms. The molecule has 0 saturated carbocycles. The minimum atomic E-state index is -0.990. The van der Waals surface area contributed by atoms with Gasteiger partial charge in [-0.1, -0.05) is 38.1 Å². The largest absolute Gasteiger partial charge is 0.343 e. The lowest BCUT2D eigenvalue weighted by molar-refractivity contribution is -0.115. The summed E-state index contributed by atoms with van der Waals surface area (Å²) in [4.78, 5) is 28.3. The third-order valence-corrected chi connectivity index (χ3v) is 4.97. The molecule has 0 aliphatic carbocycles. The van der Waals surface area contributed by atoms with Crippen molar-refractivity contribution in [3.05, 3.63) is 70.6 Å². The summed E-state index contributed by atoms with van der Waals surface area (Å²) >= 11 is 1.26. The van der Waals surface area contributed by atoms with Crippen LogP contribution >= 0.6 is 11.3 Å². The van der Waals surface area contributed by atoms with E-state index in [1.807, 2.05) is 29.6 Å². The average Bonchev–Trinajstić information content (AvgIpc) is 3.14. The predicted molar refractivity (Wildman–Crippen MR) is 109 cm³/mol. The Hall–Kier alpha value is -3.13. The van der Waals surface area contributed by atoms with Gasteiger partial charge in [0.25, 0.3) is 5.91 Å². The van der Waals surface area contributed by atoms with Crippen LogP contribution in [-0.4, -0.2) is 23.3 Å². The topological polar surface area (TPSA) is 71.1 Å². The van der Waals surface area contributed by atoms with Crippen molar-refractivity contribution in [2.24, 2.45) is 0 Å². The molecule has 0 aliphatic rings. The number of thiazole rings is 1. The number of hydrogen-bond acceptors (Lipinski definition) is 4. The van der Waals surface area contributed by atoms with Crippen LogP contribution < -0.4 is 10.6 Å². The maximum absolute atomic E-state index is 13.6. The Morgan fingerprint density at radius 1 is 1.10 bits per heavy atom. The minimum absolute atomic E-state index is 0.333. The van der Waals surface area contributed by atoms with Crippen molar-refractivity contribution in [3.8, 4) is 11.3 Å². The second kappa shape index (κ2) is 8.91. The summed E-state index contributed by atoms with van der Waals surface area (Å²) in [5, 5.41) is 7.11. The van der Waals surface area contributed by atoms with Gasteiger partial charge in [0, 0.05) is 17.0 Å². The molecule has 1 aromatic heterocycles. The van der Waals surface area contributed by atoms with Crippen molar-refractivity contribution in [1.29, 1.82) is 0 Å². The van der Waals surface area contributed by atoms with Crippen molar-refractivity contribution >= 4 is 28.3 Å². The Morgan fingerprint density at radius 3 is 2.48 bits per heavy atom. The normalized spacial score (nSPS) is 10.8. The molecule has 3 aromatic rings. The van der Waals surface area contributed by atoms with E-state index in [1.165, 1.54) is 16.9 Å². The average molecular weight is 415 g/mol. The number of benzene rings is 2. The van der Waals surface area contributed by atoms with Crippen molar-refractivity contribution < 1.29 is 18.4 Å². The molecule has 2 aromatic carbocycles. The van der Waals surface area contributed by atoms with Crippen LogP contribution in [0.2, 0.25) is 0 Å². The van der Waals surface area contributed by atoms with Gasteiger partial charge >= 0.3 is 0 Å². The van der Waals surface area contributed by atoms with E-state index in [-0.39, 0.29) is 12.1 Å². The zero-order valence-electron chi connectivity index (χ0n) is 15.8. The fraction of sp³-hybridized carbons (Fsp3) is 0.190. The minimum Gasteiger partial charge on any atom is -0.343 e. The number of carbonyl (C=O) groups is 2. The SMILES string of the molecule is CC(C)c1ccc(-c2csc(NC(=O)CNC(=O)c3ccc(F)cc3F)n2)cc1. The second-order valence-electron chi connectivity index (χ2n) is 6.67. The first-order chi connectivity index (χ1) is 13.8. The molecule has 29 heavy (non-hydrogen) atoms. The van der Waals surface area contributed by atoms with Gasteiger partial charge in [-0.05, 0) is 23.6 Å². The Balaban J connectivity index is 1.56. The quantitative estimate of drug-likeness (QED) is 0.619. The molecule has 2 N–H and O–H groups in total. The number of nitrogens with one attached hydrogen (secondary N) is 2. The van der Waals surface area contributed by atoms with Crippen LogP contribution in [-0.2, 0) is 4.79 Å². The highest BCUT2D eigenvalue weighted by Gasteiger charge is 2.14. The molecule has 3 rings (SSSR count). The molecule has 0 spiro atoms. The lowest BCUT2D eigenvalue weighted by Gasteiger charge is -2.06. The van der Waals surface area contributed by atoms with Gasteiger partial charge in [0.05, 0.1) is 17.8 Å². The molecule has 0 radical (unpaired) electrons. The van der Waals surface area contributed by atoms with Crippen LogP contribution in [0.25, 0.3) is 11.3 Å². The highest BCUT2D eigenvalue weighted by molar-refractivity contribution is 7.14. The van der Waals surface area contributed by atoms with Crippen LogP contribution in [0.5, 0.6) is 0 Å². The van der Waals surface area contributed by atoms with Gasteiger partial charge in [-0.3, -0.25) is 9.59 Å². The maximum Gasteiger partial charge on any atom is 0.254 e. The summed E-state index contributed by atoms with van der Waals surface area (Å²) < 4.78 is 26.5. The fourth-order valence-electron chi connectivity index (χ4n) is 2.60. The highest BCUT2D eigenvalue weighted by atomic mass is 32.1. The number of amides is 2. The summed E-state index contributed by atoms with van der Waals surface area (Å²) in [5.74, 6) is -2.64. The fourth-order valence-corrected chi connectivity index (χ4v) is 3.33. The smallest absolute Gasteiger partial charge is 0.254 e. The number of halogens is 2. The number of hydrogen-bond donors (Lipinski definition) is 2. The Morgan fingerprint density at radius 2 is 1.83 bits per heavy atom. The van der Waals surface area contributed by atoms with Gasteiger partial charge in [-0.15, -0.1) is 11.3 Å². The van der Waals surface area contributed by atoms with Gasteiger partial charge in [-0.2, -0.15) is 0 Å². The van der Waals surface area contributed by atoms with Crippen molar-refractivity contribution in [3.63, 3.8) is 0 Å². The van der Waals surface area contributed by atoms with E-state index in [4.69, 9.17) is 0 Å². The molecule has 0 unspecified atom stereocenters. The Labute approximate surface area is 170 Å². The van der Waals surface area contributed by atoms with E-state index in [0.29, 0.717) is 17.1 Å². The molecule has 0 fully saturated rings. The summed E-state index contributed by atoms with van der Waals surface area (Å²) in [6.07, 6.45) is 0. The number of anilines is 1. The van der Waals surface area contributed by atoms with Crippen molar-refractivity contribution in [2.75, 3.05) is 11.9 Å². The number of carbonyl (C=O) groups excluding carboxylic acids is 2. The van der Waals surface area contributed by atoms with Crippen molar-refractivity contribution in [1.82, 2.24) is 10.3 Å². The van der Waals surface area contributed by atoms with Crippen LogP contribution in [0.4, 0.5) is 13.9 Å². The third kappa shape index (κ3) is 5.23. The number of nitrogens with zero attached hydrogens (tertiary/aromatic N) is 1. The Kier molecular flexibility index (Phi) is 6.33. The van der Waals surface area contributed by atoms with Gasteiger partial charge in [0.2, 0.25) is 5.91 Å². The molecule has 0 aliphatic heterocycles. The molecular weight excluding hydrogens is 396 g/mol. The first kappa shape index (κ1) is 20.6.